The number of benzene rings is 1. The molecule has 5 heteroatoms. The lowest BCUT2D eigenvalue weighted by atomic mass is 10.1. The Morgan fingerprint density at radius 1 is 1.37 bits per heavy atom. The van der Waals surface area contributed by atoms with Crippen molar-refractivity contribution in [1.82, 2.24) is 9.55 Å². The van der Waals surface area contributed by atoms with Crippen molar-refractivity contribution in [3.05, 3.63) is 35.7 Å². The van der Waals surface area contributed by atoms with Crippen LogP contribution in [0.4, 0.5) is 14.6 Å². The number of aryl methyl sites for hydroxylation is 1. The molecule has 2 aromatic rings. The van der Waals surface area contributed by atoms with Crippen LogP contribution >= 0.6 is 0 Å². The van der Waals surface area contributed by atoms with Gasteiger partial charge in [0.15, 0.2) is 0 Å². The zero-order valence-electron chi connectivity index (χ0n) is 11.0. The van der Waals surface area contributed by atoms with Gasteiger partial charge < -0.3 is 10.3 Å². The third-order valence-electron chi connectivity index (χ3n) is 3.06. The second-order valence-electron chi connectivity index (χ2n) is 4.47. The van der Waals surface area contributed by atoms with Crippen LogP contribution in [0.3, 0.4) is 0 Å². The smallest absolute Gasteiger partial charge is 0.263 e. The number of nitrogens with zero attached hydrogens (tertiary/aromatic N) is 2. The molecule has 0 bridgehead atoms. The second kappa shape index (κ2) is 5.38. The minimum Gasteiger partial charge on any atom is -0.383 e. The molecule has 1 aromatic heterocycles. The van der Waals surface area contributed by atoms with E-state index in [0.29, 0.717) is 17.1 Å². The Labute approximate surface area is 111 Å². The number of halogens is 2. The van der Waals surface area contributed by atoms with Gasteiger partial charge in [-0.15, -0.1) is 0 Å². The van der Waals surface area contributed by atoms with Crippen molar-refractivity contribution in [2.24, 2.45) is 0 Å². The number of hydrogen-bond acceptors (Lipinski definition) is 2. The molecule has 0 aliphatic carbocycles. The molecular weight excluding hydrogens is 248 g/mol. The van der Waals surface area contributed by atoms with Gasteiger partial charge in [-0.1, -0.05) is 25.1 Å². The van der Waals surface area contributed by atoms with E-state index < -0.39 is 6.43 Å². The van der Waals surface area contributed by atoms with Crippen molar-refractivity contribution < 1.29 is 8.78 Å². The highest BCUT2D eigenvalue weighted by Crippen LogP contribution is 2.29. The molecule has 0 atom stereocenters. The Morgan fingerprint density at radius 2 is 2.11 bits per heavy atom. The normalized spacial score (nSPS) is 11.2. The maximum atomic E-state index is 12.7. The van der Waals surface area contributed by atoms with Crippen LogP contribution in [0, 0.1) is 6.92 Å². The lowest BCUT2D eigenvalue weighted by Gasteiger charge is -2.06. The van der Waals surface area contributed by atoms with Gasteiger partial charge in [0.05, 0.1) is 0 Å². The molecule has 2 rings (SSSR count). The molecule has 2 N–H and O–H groups in total. The van der Waals surface area contributed by atoms with Gasteiger partial charge in [0.2, 0.25) is 0 Å². The predicted molar refractivity (Wildman–Crippen MR) is 72.1 cm³/mol. The minimum absolute atomic E-state index is 0.0143. The third kappa shape index (κ3) is 2.59. The summed E-state index contributed by atoms with van der Waals surface area (Å²) in [6, 6.07) is 6.20. The summed E-state index contributed by atoms with van der Waals surface area (Å²) in [5, 5.41) is 0. The van der Waals surface area contributed by atoms with E-state index in [2.05, 4.69) is 11.9 Å². The SMILES string of the molecule is CCCn1c(C)nc(-c2cccc(C(F)F)c2)c1N. The van der Waals surface area contributed by atoms with E-state index in [9.17, 15) is 8.78 Å². The lowest BCUT2D eigenvalue weighted by molar-refractivity contribution is 0.151. The fourth-order valence-corrected chi connectivity index (χ4v) is 2.12. The minimum atomic E-state index is -2.49. The zero-order chi connectivity index (χ0) is 14.0. The molecule has 0 aliphatic rings. The van der Waals surface area contributed by atoms with Crippen LogP contribution in [0.2, 0.25) is 0 Å². The molecule has 1 heterocycles. The number of aromatic nitrogens is 2. The first-order valence-corrected chi connectivity index (χ1v) is 6.25. The zero-order valence-corrected chi connectivity index (χ0v) is 11.0. The van der Waals surface area contributed by atoms with Crippen LogP contribution in [0.1, 0.15) is 31.2 Å². The molecule has 102 valence electrons. The number of nitrogen functional groups attached to an aromatic ring is 1. The summed E-state index contributed by atoms with van der Waals surface area (Å²) < 4.78 is 27.3. The van der Waals surface area contributed by atoms with E-state index in [1.54, 1.807) is 12.1 Å². The molecule has 0 unspecified atom stereocenters. The molecule has 0 aliphatic heterocycles. The molecule has 0 radical (unpaired) electrons. The van der Waals surface area contributed by atoms with Gasteiger partial charge in [-0.2, -0.15) is 0 Å². The first kappa shape index (κ1) is 13.5. The van der Waals surface area contributed by atoms with Crippen LogP contribution in [-0.4, -0.2) is 9.55 Å². The van der Waals surface area contributed by atoms with Crippen LogP contribution in [0.5, 0.6) is 0 Å². The van der Waals surface area contributed by atoms with Gasteiger partial charge in [-0.3, -0.25) is 0 Å². The average Bonchev–Trinajstić information content (AvgIpc) is 2.67. The Bertz CT molecular complexity index is 576. The van der Waals surface area contributed by atoms with Gasteiger partial charge in [0.1, 0.15) is 17.3 Å². The van der Waals surface area contributed by atoms with Gasteiger partial charge in [-0.05, 0) is 19.4 Å². The Kier molecular flexibility index (Phi) is 3.83. The van der Waals surface area contributed by atoms with Crippen LogP contribution in [-0.2, 0) is 6.54 Å². The predicted octanol–water partition coefficient (Wildman–Crippen LogP) is 3.79. The number of anilines is 1. The largest absolute Gasteiger partial charge is 0.383 e. The second-order valence-corrected chi connectivity index (χ2v) is 4.47. The Balaban J connectivity index is 2.47. The molecule has 3 nitrogen and oxygen atoms in total. The summed E-state index contributed by atoms with van der Waals surface area (Å²) in [6.45, 7) is 4.70. The number of hydrogen-bond donors (Lipinski definition) is 1. The van der Waals surface area contributed by atoms with E-state index in [4.69, 9.17) is 5.73 Å². The summed E-state index contributed by atoms with van der Waals surface area (Å²) in [7, 11) is 0. The third-order valence-corrected chi connectivity index (χ3v) is 3.06. The fourth-order valence-electron chi connectivity index (χ4n) is 2.12. The van der Waals surface area contributed by atoms with Crippen molar-refractivity contribution in [1.29, 1.82) is 0 Å². The monoisotopic (exact) mass is 265 g/mol. The van der Waals surface area contributed by atoms with Crippen molar-refractivity contribution >= 4 is 5.82 Å². The van der Waals surface area contributed by atoms with E-state index >= 15 is 0 Å². The van der Waals surface area contributed by atoms with Crippen LogP contribution in [0.15, 0.2) is 24.3 Å². The lowest BCUT2D eigenvalue weighted by Crippen LogP contribution is -2.04. The summed E-state index contributed by atoms with van der Waals surface area (Å²) >= 11 is 0. The first-order valence-electron chi connectivity index (χ1n) is 6.25. The summed E-state index contributed by atoms with van der Waals surface area (Å²) in [5.41, 5.74) is 7.26. The van der Waals surface area contributed by atoms with Gasteiger partial charge in [-0.25, -0.2) is 13.8 Å². The highest BCUT2D eigenvalue weighted by molar-refractivity contribution is 5.71. The van der Waals surface area contributed by atoms with Crippen molar-refractivity contribution in [2.75, 3.05) is 5.73 Å². The topological polar surface area (TPSA) is 43.8 Å². The Morgan fingerprint density at radius 3 is 2.74 bits per heavy atom. The van der Waals surface area contributed by atoms with E-state index in [0.717, 1.165) is 18.8 Å². The van der Waals surface area contributed by atoms with Gasteiger partial charge in [0, 0.05) is 17.7 Å². The average molecular weight is 265 g/mol. The molecule has 0 spiro atoms. The Hall–Kier alpha value is -1.91. The number of alkyl halides is 2. The highest BCUT2D eigenvalue weighted by Gasteiger charge is 2.15. The van der Waals surface area contributed by atoms with E-state index in [1.807, 2.05) is 11.5 Å². The number of rotatable bonds is 4. The molecule has 0 amide bonds. The first-order chi connectivity index (χ1) is 9.04. The maximum Gasteiger partial charge on any atom is 0.263 e. The maximum absolute atomic E-state index is 12.7. The molecule has 0 saturated carbocycles. The van der Waals surface area contributed by atoms with E-state index in [-0.39, 0.29) is 5.56 Å². The number of imidazole rings is 1. The highest BCUT2D eigenvalue weighted by atomic mass is 19.3. The molecule has 0 saturated heterocycles. The van der Waals surface area contributed by atoms with Crippen LogP contribution < -0.4 is 5.73 Å². The summed E-state index contributed by atoms with van der Waals surface area (Å²) in [5.74, 6) is 1.34. The molecule has 19 heavy (non-hydrogen) atoms. The quantitative estimate of drug-likeness (QED) is 0.914. The summed E-state index contributed by atoms with van der Waals surface area (Å²) in [6.07, 6.45) is -1.54. The van der Waals surface area contributed by atoms with Crippen molar-refractivity contribution in [2.45, 2.75) is 33.2 Å². The van der Waals surface area contributed by atoms with E-state index in [1.165, 1.54) is 12.1 Å². The summed E-state index contributed by atoms with van der Waals surface area (Å²) in [4.78, 5) is 4.39. The van der Waals surface area contributed by atoms with Gasteiger partial charge in [0.25, 0.3) is 6.43 Å². The van der Waals surface area contributed by atoms with Crippen LogP contribution in [0.25, 0.3) is 11.3 Å². The molecular formula is C14H17F2N3. The number of nitrogens with two attached hydrogens (primary N) is 1. The molecule has 0 fully saturated rings. The fraction of sp³-hybridized carbons (Fsp3) is 0.357. The molecule has 1 aromatic carbocycles. The van der Waals surface area contributed by atoms with Crippen molar-refractivity contribution in [3.8, 4) is 11.3 Å². The van der Waals surface area contributed by atoms with Gasteiger partial charge >= 0.3 is 0 Å². The van der Waals surface area contributed by atoms with Crippen molar-refractivity contribution in [3.63, 3.8) is 0 Å². The standard InChI is InChI=1S/C14H17F2N3/c1-3-7-19-9(2)18-12(14(19)17)10-5-4-6-11(8-10)13(15)16/h4-6,8,13H,3,7,17H2,1-2H3.